The summed E-state index contributed by atoms with van der Waals surface area (Å²) in [5.74, 6) is 0.149. The second-order valence-corrected chi connectivity index (χ2v) is 6.06. The van der Waals surface area contributed by atoms with Crippen LogP contribution in [0.3, 0.4) is 0 Å². The van der Waals surface area contributed by atoms with Crippen molar-refractivity contribution >= 4 is 23.2 Å². The first-order chi connectivity index (χ1) is 12.0. The van der Waals surface area contributed by atoms with Crippen LogP contribution in [0.1, 0.15) is 38.8 Å². The van der Waals surface area contributed by atoms with Gasteiger partial charge >= 0.3 is 0 Å². The molecule has 3 rings (SSSR count). The van der Waals surface area contributed by atoms with E-state index in [-0.39, 0.29) is 11.6 Å². The highest BCUT2D eigenvalue weighted by atomic mass is 35.5. The predicted molar refractivity (Wildman–Crippen MR) is 103 cm³/mol. The SMILES string of the molecule is CC(=O)c1cccc(C)c1.O=C(c1ccccc1)c1ccc(Cl)cc1. The minimum atomic E-state index is 0.0206. The van der Waals surface area contributed by atoms with Crippen molar-refractivity contribution in [2.24, 2.45) is 0 Å². The van der Waals surface area contributed by atoms with Gasteiger partial charge in [0.05, 0.1) is 0 Å². The molecule has 0 aliphatic rings. The van der Waals surface area contributed by atoms with E-state index in [1.807, 2.05) is 49.4 Å². The van der Waals surface area contributed by atoms with E-state index in [0.717, 1.165) is 11.1 Å². The highest BCUT2D eigenvalue weighted by Crippen LogP contribution is 2.13. The average molecular weight is 351 g/mol. The van der Waals surface area contributed by atoms with Gasteiger partial charge in [0.2, 0.25) is 0 Å². The summed E-state index contributed by atoms with van der Waals surface area (Å²) < 4.78 is 0. The largest absolute Gasteiger partial charge is 0.295 e. The third-order valence-electron chi connectivity index (χ3n) is 3.57. The van der Waals surface area contributed by atoms with Crippen LogP contribution in [0, 0.1) is 6.92 Å². The van der Waals surface area contributed by atoms with Crippen molar-refractivity contribution in [1.82, 2.24) is 0 Å². The fourth-order valence-corrected chi connectivity index (χ4v) is 2.35. The van der Waals surface area contributed by atoms with E-state index in [0.29, 0.717) is 16.1 Å². The number of ketones is 2. The molecule has 0 saturated carbocycles. The van der Waals surface area contributed by atoms with Gasteiger partial charge in [-0.1, -0.05) is 65.7 Å². The van der Waals surface area contributed by atoms with Gasteiger partial charge in [0, 0.05) is 21.7 Å². The van der Waals surface area contributed by atoms with E-state index in [9.17, 15) is 9.59 Å². The molecule has 0 aromatic heterocycles. The van der Waals surface area contributed by atoms with Crippen LogP contribution in [0.5, 0.6) is 0 Å². The van der Waals surface area contributed by atoms with Gasteiger partial charge in [-0.25, -0.2) is 0 Å². The third kappa shape index (κ3) is 5.70. The summed E-state index contributed by atoms with van der Waals surface area (Å²) in [7, 11) is 0. The molecule has 0 fully saturated rings. The number of benzene rings is 3. The van der Waals surface area contributed by atoms with Gasteiger partial charge in [-0.2, -0.15) is 0 Å². The van der Waals surface area contributed by atoms with Crippen molar-refractivity contribution in [3.05, 3.63) is 106 Å². The fraction of sp³-hybridized carbons (Fsp3) is 0.0909. The summed E-state index contributed by atoms with van der Waals surface area (Å²) in [6, 6.07) is 23.7. The molecular weight excluding hydrogens is 332 g/mol. The number of hydrogen-bond donors (Lipinski definition) is 0. The van der Waals surface area contributed by atoms with Crippen molar-refractivity contribution in [3.8, 4) is 0 Å². The summed E-state index contributed by atoms with van der Waals surface area (Å²) in [4.78, 5) is 22.7. The Hall–Kier alpha value is -2.71. The Morgan fingerprint density at radius 2 is 1.28 bits per heavy atom. The topological polar surface area (TPSA) is 34.1 Å². The van der Waals surface area contributed by atoms with Crippen LogP contribution in [0.15, 0.2) is 78.9 Å². The molecule has 0 radical (unpaired) electrons. The van der Waals surface area contributed by atoms with Gasteiger partial charge in [0.25, 0.3) is 0 Å². The lowest BCUT2D eigenvalue weighted by Gasteiger charge is -2.00. The van der Waals surface area contributed by atoms with E-state index in [1.54, 1.807) is 43.3 Å². The van der Waals surface area contributed by atoms with Gasteiger partial charge in [-0.15, -0.1) is 0 Å². The first-order valence-corrected chi connectivity index (χ1v) is 8.28. The number of halogens is 1. The molecule has 2 nitrogen and oxygen atoms in total. The highest BCUT2D eigenvalue weighted by molar-refractivity contribution is 6.30. The lowest BCUT2D eigenvalue weighted by atomic mass is 10.0. The molecule has 0 bridgehead atoms. The van der Waals surface area contributed by atoms with Crippen molar-refractivity contribution in [3.63, 3.8) is 0 Å². The molecule has 0 aliphatic carbocycles. The second-order valence-electron chi connectivity index (χ2n) is 5.63. The van der Waals surface area contributed by atoms with Crippen LogP contribution >= 0.6 is 11.6 Å². The Morgan fingerprint density at radius 1 is 0.720 bits per heavy atom. The predicted octanol–water partition coefficient (Wildman–Crippen LogP) is 5.77. The third-order valence-corrected chi connectivity index (χ3v) is 3.82. The zero-order valence-corrected chi connectivity index (χ0v) is 15.0. The Bertz CT molecular complexity index is 853. The number of hydrogen-bond acceptors (Lipinski definition) is 2. The number of Topliss-reactive ketones (excluding diaryl/α,β-unsaturated/α-hetero) is 1. The van der Waals surface area contributed by atoms with Gasteiger partial charge in [-0.05, 0) is 44.2 Å². The molecule has 0 saturated heterocycles. The lowest BCUT2D eigenvalue weighted by molar-refractivity contribution is 0.101. The highest BCUT2D eigenvalue weighted by Gasteiger charge is 2.07. The Morgan fingerprint density at radius 3 is 1.80 bits per heavy atom. The number of carbonyl (C=O) groups excluding carboxylic acids is 2. The van der Waals surface area contributed by atoms with Crippen molar-refractivity contribution in [2.45, 2.75) is 13.8 Å². The quantitative estimate of drug-likeness (QED) is 0.562. The minimum Gasteiger partial charge on any atom is -0.295 e. The Balaban J connectivity index is 0.000000196. The summed E-state index contributed by atoms with van der Waals surface area (Å²) in [6.07, 6.45) is 0. The van der Waals surface area contributed by atoms with E-state index >= 15 is 0 Å². The van der Waals surface area contributed by atoms with Crippen LogP contribution in [-0.2, 0) is 0 Å². The molecule has 0 N–H and O–H groups in total. The van der Waals surface area contributed by atoms with Gasteiger partial charge < -0.3 is 0 Å². The zero-order chi connectivity index (χ0) is 18.2. The molecular formula is C22H19ClO2. The molecule has 0 unspecified atom stereocenters. The second kappa shape index (κ2) is 8.95. The molecule has 0 amide bonds. The zero-order valence-electron chi connectivity index (χ0n) is 14.2. The van der Waals surface area contributed by atoms with Gasteiger partial charge in [0.1, 0.15) is 0 Å². The van der Waals surface area contributed by atoms with Crippen LogP contribution in [0.25, 0.3) is 0 Å². The lowest BCUT2D eigenvalue weighted by Crippen LogP contribution is -1.99. The van der Waals surface area contributed by atoms with Crippen LogP contribution in [0.4, 0.5) is 0 Å². The normalized spacial score (nSPS) is 9.72. The average Bonchev–Trinajstić information content (AvgIpc) is 2.63. The van der Waals surface area contributed by atoms with Crippen LogP contribution in [0.2, 0.25) is 5.02 Å². The summed E-state index contributed by atoms with van der Waals surface area (Å²) in [5, 5.41) is 0.639. The molecule has 0 atom stereocenters. The fourth-order valence-electron chi connectivity index (χ4n) is 2.22. The maximum Gasteiger partial charge on any atom is 0.193 e. The molecule has 3 aromatic carbocycles. The minimum absolute atomic E-state index is 0.0206. The van der Waals surface area contributed by atoms with Crippen molar-refractivity contribution in [2.75, 3.05) is 0 Å². The number of carbonyl (C=O) groups is 2. The Kier molecular flexibility index (Phi) is 6.67. The number of aryl methyl sites for hydroxylation is 1. The summed E-state index contributed by atoms with van der Waals surface area (Å²) >= 11 is 5.75. The molecule has 3 aromatic rings. The maximum absolute atomic E-state index is 11.9. The van der Waals surface area contributed by atoms with E-state index in [4.69, 9.17) is 11.6 Å². The van der Waals surface area contributed by atoms with E-state index in [1.165, 1.54) is 0 Å². The standard InChI is InChI=1S/C13H9ClO.C9H10O/c14-12-8-6-11(7-9-12)13(15)10-4-2-1-3-5-10;1-7-4-3-5-9(6-7)8(2)10/h1-9H;3-6H,1-2H3. The van der Waals surface area contributed by atoms with Crippen molar-refractivity contribution < 1.29 is 9.59 Å². The van der Waals surface area contributed by atoms with Crippen LogP contribution in [-0.4, -0.2) is 11.6 Å². The summed E-state index contributed by atoms with van der Waals surface area (Å²) in [6.45, 7) is 3.56. The molecule has 0 heterocycles. The number of rotatable bonds is 3. The van der Waals surface area contributed by atoms with Gasteiger partial charge in [0.15, 0.2) is 11.6 Å². The van der Waals surface area contributed by atoms with Crippen molar-refractivity contribution in [1.29, 1.82) is 0 Å². The molecule has 0 spiro atoms. The monoisotopic (exact) mass is 350 g/mol. The molecule has 25 heavy (non-hydrogen) atoms. The summed E-state index contributed by atoms with van der Waals surface area (Å²) in [5.41, 5.74) is 3.28. The molecule has 0 aliphatic heterocycles. The van der Waals surface area contributed by atoms with E-state index in [2.05, 4.69) is 0 Å². The Labute approximate surface area is 153 Å². The van der Waals surface area contributed by atoms with E-state index < -0.39 is 0 Å². The molecule has 126 valence electrons. The van der Waals surface area contributed by atoms with Crippen LogP contribution < -0.4 is 0 Å². The van der Waals surface area contributed by atoms with Gasteiger partial charge in [-0.3, -0.25) is 9.59 Å². The smallest absolute Gasteiger partial charge is 0.193 e. The first-order valence-electron chi connectivity index (χ1n) is 7.90. The maximum atomic E-state index is 11.9. The first kappa shape index (κ1) is 18.6. The molecule has 3 heteroatoms.